The van der Waals surface area contributed by atoms with Crippen LogP contribution in [0.2, 0.25) is 0 Å². The summed E-state index contributed by atoms with van der Waals surface area (Å²) in [4.78, 5) is 0.0925. The van der Waals surface area contributed by atoms with E-state index in [4.69, 9.17) is 12.8 Å². The van der Waals surface area contributed by atoms with Crippen molar-refractivity contribution in [2.24, 2.45) is 0 Å². The molecule has 0 radical (unpaired) electrons. The predicted octanol–water partition coefficient (Wildman–Crippen LogP) is -0.729. The Morgan fingerprint density at radius 1 is 1.50 bits per heavy atom. The first kappa shape index (κ1) is 6.18. The van der Waals surface area contributed by atoms with Crippen LogP contribution in [0.5, 0.6) is 0 Å². The van der Waals surface area contributed by atoms with Gasteiger partial charge in [0.2, 0.25) is 0 Å². The Bertz CT molecular complexity index is 326. The highest BCUT2D eigenvalue weighted by molar-refractivity contribution is 5.34. The summed E-state index contributed by atoms with van der Waals surface area (Å²) >= 11 is 0. The van der Waals surface area contributed by atoms with Gasteiger partial charge in [-0.2, -0.15) is 0 Å². The Kier molecular flexibility index (Phi) is 1.31. The van der Waals surface area contributed by atoms with Gasteiger partial charge in [-0.3, -0.25) is 4.63 Å². The zero-order valence-corrected chi connectivity index (χ0v) is 4.87. The molecule has 1 rings (SSSR count). The Hall–Kier alpha value is -1.94. The lowest BCUT2D eigenvalue weighted by Crippen LogP contribution is -2.26. The lowest BCUT2D eigenvalue weighted by atomic mass is 10.3. The first-order chi connectivity index (χ1) is 4.79. The van der Waals surface area contributed by atoms with Crippen LogP contribution in [0.3, 0.4) is 0 Å². The van der Waals surface area contributed by atoms with E-state index < -0.39 is 0 Å². The van der Waals surface area contributed by atoms with Crippen molar-refractivity contribution < 1.29 is 9.53 Å². The SMILES string of the molecule is C#Cc1no[n+]([O-])c1C#C. The standard InChI is InChI=1S/C6H2N2O2/c1-3-5-6(4-2)8(9)10-7-5/h1-2H. The van der Waals surface area contributed by atoms with Crippen molar-refractivity contribution in [3.05, 3.63) is 16.6 Å². The molecule has 0 aliphatic heterocycles. The van der Waals surface area contributed by atoms with E-state index in [0.717, 1.165) is 0 Å². The maximum absolute atomic E-state index is 10.5. The maximum Gasteiger partial charge on any atom is 0.307 e. The number of rotatable bonds is 0. The van der Waals surface area contributed by atoms with Crippen molar-refractivity contribution in [1.29, 1.82) is 0 Å². The second-order valence-electron chi connectivity index (χ2n) is 1.42. The maximum atomic E-state index is 10.5. The average Bonchev–Trinajstić information content (AvgIpc) is 2.30. The van der Waals surface area contributed by atoms with Crippen LogP contribution in [0.15, 0.2) is 4.63 Å². The molecule has 4 nitrogen and oxygen atoms in total. The highest BCUT2D eigenvalue weighted by Gasteiger charge is 2.12. The highest BCUT2D eigenvalue weighted by atomic mass is 16.8. The summed E-state index contributed by atoms with van der Waals surface area (Å²) in [7, 11) is 0. The van der Waals surface area contributed by atoms with Gasteiger partial charge in [-0.25, -0.2) is 0 Å². The van der Waals surface area contributed by atoms with Crippen molar-refractivity contribution >= 4 is 0 Å². The minimum absolute atomic E-state index is 0.0532. The Morgan fingerprint density at radius 3 is 2.60 bits per heavy atom. The third-order valence-electron chi connectivity index (χ3n) is 0.887. The first-order valence-electron chi connectivity index (χ1n) is 2.32. The van der Waals surface area contributed by atoms with Crippen molar-refractivity contribution in [1.82, 2.24) is 5.16 Å². The Labute approximate surface area is 57.0 Å². The molecule has 10 heavy (non-hydrogen) atoms. The fraction of sp³-hybridized carbons (Fsp3) is 0. The quantitative estimate of drug-likeness (QED) is 0.347. The van der Waals surface area contributed by atoms with Crippen LogP contribution in [0, 0.1) is 29.9 Å². The zero-order chi connectivity index (χ0) is 7.56. The van der Waals surface area contributed by atoms with Crippen molar-refractivity contribution in [2.45, 2.75) is 0 Å². The summed E-state index contributed by atoms with van der Waals surface area (Å²) < 4.78 is 4.10. The molecule has 0 spiro atoms. The number of hydrogen-bond acceptors (Lipinski definition) is 3. The monoisotopic (exact) mass is 134 g/mol. The van der Waals surface area contributed by atoms with Gasteiger partial charge in [0.05, 0.1) is 5.16 Å². The van der Waals surface area contributed by atoms with E-state index in [1.807, 2.05) is 5.92 Å². The normalized spacial score (nSPS) is 8.20. The van der Waals surface area contributed by atoms with Gasteiger partial charge in [0.15, 0.2) is 0 Å². The molecule has 0 atom stereocenters. The molecule has 48 valence electrons. The lowest BCUT2D eigenvalue weighted by molar-refractivity contribution is -0.804. The minimum atomic E-state index is -0.0671. The van der Waals surface area contributed by atoms with Crippen LogP contribution < -0.4 is 4.90 Å². The van der Waals surface area contributed by atoms with E-state index in [-0.39, 0.29) is 16.3 Å². The summed E-state index contributed by atoms with van der Waals surface area (Å²) in [6.45, 7) is 0. The van der Waals surface area contributed by atoms with Gasteiger partial charge in [-0.05, 0) is 16.7 Å². The summed E-state index contributed by atoms with van der Waals surface area (Å²) in [6, 6.07) is 0. The molecule has 1 aromatic heterocycles. The van der Waals surface area contributed by atoms with E-state index in [2.05, 4.69) is 15.7 Å². The van der Waals surface area contributed by atoms with E-state index in [0.29, 0.717) is 0 Å². The van der Waals surface area contributed by atoms with Gasteiger partial charge in [-0.1, -0.05) is 0 Å². The van der Waals surface area contributed by atoms with Gasteiger partial charge < -0.3 is 5.21 Å². The van der Waals surface area contributed by atoms with Gasteiger partial charge in [0.1, 0.15) is 0 Å². The molecule has 0 saturated carbocycles. The second kappa shape index (κ2) is 2.12. The van der Waals surface area contributed by atoms with E-state index in [1.165, 1.54) is 0 Å². The minimum Gasteiger partial charge on any atom is -0.358 e. The van der Waals surface area contributed by atoms with E-state index in [1.54, 1.807) is 0 Å². The summed E-state index contributed by atoms with van der Waals surface area (Å²) in [5.41, 5.74) is -0.0139. The predicted molar refractivity (Wildman–Crippen MR) is 31.3 cm³/mol. The van der Waals surface area contributed by atoms with Crippen LogP contribution in [-0.2, 0) is 0 Å². The van der Waals surface area contributed by atoms with Crippen molar-refractivity contribution in [2.75, 3.05) is 0 Å². The molecular formula is C6H2N2O2. The molecule has 0 aliphatic carbocycles. The molecule has 0 aliphatic rings. The number of terminal acetylenes is 2. The van der Waals surface area contributed by atoms with Crippen LogP contribution in [-0.4, -0.2) is 5.16 Å². The van der Waals surface area contributed by atoms with E-state index >= 15 is 0 Å². The second-order valence-corrected chi connectivity index (χ2v) is 1.42. The molecule has 1 aromatic rings. The Morgan fingerprint density at radius 2 is 2.20 bits per heavy atom. The van der Waals surface area contributed by atoms with Gasteiger partial charge in [-0.15, -0.1) is 12.8 Å². The summed E-state index contributed by atoms with van der Waals surface area (Å²) in [5.74, 6) is 4.15. The van der Waals surface area contributed by atoms with Crippen LogP contribution >= 0.6 is 0 Å². The van der Waals surface area contributed by atoms with Crippen molar-refractivity contribution in [3.63, 3.8) is 0 Å². The van der Waals surface area contributed by atoms with Gasteiger partial charge in [0.25, 0.3) is 5.69 Å². The molecule has 0 bridgehead atoms. The van der Waals surface area contributed by atoms with Crippen molar-refractivity contribution in [3.8, 4) is 24.7 Å². The van der Waals surface area contributed by atoms with Crippen LogP contribution in [0.4, 0.5) is 0 Å². The summed E-state index contributed by atoms with van der Waals surface area (Å²) in [6.07, 6.45) is 9.82. The number of aromatic nitrogens is 2. The fourth-order valence-corrected chi connectivity index (χ4v) is 0.464. The molecule has 4 heteroatoms. The molecule has 0 fully saturated rings. The summed E-state index contributed by atoms with van der Waals surface area (Å²) in [5, 5.41) is 13.7. The number of nitrogens with zero attached hydrogens (tertiary/aromatic N) is 2. The van der Waals surface area contributed by atoms with Crippen LogP contribution in [0.25, 0.3) is 0 Å². The molecule has 0 N–H and O–H groups in total. The first-order valence-corrected chi connectivity index (χ1v) is 2.32. The number of hydrogen-bond donors (Lipinski definition) is 0. The third-order valence-corrected chi connectivity index (χ3v) is 0.887. The third kappa shape index (κ3) is 0.684. The Balaban J connectivity index is 3.34. The van der Waals surface area contributed by atoms with Gasteiger partial charge >= 0.3 is 5.69 Å². The zero-order valence-electron chi connectivity index (χ0n) is 4.87. The largest absolute Gasteiger partial charge is 0.358 e. The fourth-order valence-electron chi connectivity index (χ4n) is 0.464. The molecule has 1 heterocycles. The molecule has 0 unspecified atom stereocenters. The van der Waals surface area contributed by atoms with Gasteiger partial charge in [0, 0.05) is 0 Å². The smallest absolute Gasteiger partial charge is 0.307 e. The van der Waals surface area contributed by atoms with E-state index in [9.17, 15) is 5.21 Å². The average molecular weight is 134 g/mol. The molecule has 0 amide bonds. The topological polar surface area (TPSA) is 53.0 Å². The molecule has 0 saturated heterocycles. The lowest BCUT2D eigenvalue weighted by Gasteiger charge is -1.81. The highest BCUT2D eigenvalue weighted by Crippen LogP contribution is 1.94. The molecular weight excluding hydrogens is 132 g/mol. The molecule has 0 aromatic carbocycles. The van der Waals surface area contributed by atoms with Crippen LogP contribution in [0.1, 0.15) is 11.4 Å².